The molecule has 6 nitrogen and oxygen atoms in total. The Kier molecular flexibility index (Phi) is 3.90. The maximum Gasteiger partial charge on any atom is 0.327 e. The van der Waals surface area contributed by atoms with Crippen LogP contribution >= 0.6 is 0 Å². The van der Waals surface area contributed by atoms with Gasteiger partial charge in [0.25, 0.3) is 5.91 Å². The summed E-state index contributed by atoms with van der Waals surface area (Å²) in [6.07, 6.45) is 1.03. The van der Waals surface area contributed by atoms with E-state index in [0.717, 1.165) is 10.5 Å². The molecule has 0 unspecified atom stereocenters. The van der Waals surface area contributed by atoms with Gasteiger partial charge >= 0.3 is 6.03 Å². The van der Waals surface area contributed by atoms with Gasteiger partial charge < -0.3 is 4.90 Å². The highest BCUT2D eigenvalue weighted by Gasteiger charge is 2.44. The van der Waals surface area contributed by atoms with Gasteiger partial charge in [0, 0.05) is 6.54 Å². The van der Waals surface area contributed by atoms with Crippen molar-refractivity contribution in [3.8, 4) is 0 Å². The van der Waals surface area contributed by atoms with E-state index in [1.807, 2.05) is 30.3 Å². The van der Waals surface area contributed by atoms with Gasteiger partial charge in [-0.25, -0.2) is 13.2 Å². The van der Waals surface area contributed by atoms with Crippen molar-refractivity contribution in [2.75, 3.05) is 24.6 Å². The summed E-state index contributed by atoms with van der Waals surface area (Å²) in [4.78, 5) is 27.1. The van der Waals surface area contributed by atoms with Gasteiger partial charge in [0.05, 0.1) is 17.5 Å². The van der Waals surface area contributed by atoms with Gasteiger partial charge in [0.1, 0.15) is 6.54 Å². The fourth-order valence-electron chi connectivity index (χ4n) is 2.99. The lowest BCUT2D eigenvalue weighted by molar-refractivity contribution is -0.126. The SMILES string of the molecule is O=C1CN(CCc2ccccc2)C(=O)N1[C@@H]1CCS(=O)(=O)C1. The summed E-state index contributed by atoms with van der Waals surface area (Å²) in [5, 5.41) is 0. The van der Waals surface area contributed by atoms with Gasteiger partial charge in [-0.05, 0) is 18.4 Å². The van der Waals surface area contributed by atoms with Crippen molar-refractivity contribution in [2.24, 2.45) is 0 Å². The van der Waals surface area contributed by atoms with Crippen molar-refractivity contribution >= 4 is 21.8 Å². The molecule has 7 heteroatoms. The number of hydrogen-bond acceptors (Lipinski definition) is 4. The van der Waals surface area contributed by atoms with Crippen LogP contribution in [0.4, 0.5) is 4.79 Å². The molecule has 2 aliphatic heterocycles. The first-order valence-electron chi connectivity index (χ1n) is 7.31. The fraction of sp³-hybridized carbons (Fsp3) is 0.467. The van der Waals surface area contributed by atoms with Gasteiger partial charge in [-0.1, -0.05) is 30.3 Å². The van der Waals surface area contributed by atoms with Crippen LogP contribution in [0.3, 0.4) is 0 Å². The van der Waals surface area contributed by atoms with Crippen LogP contribution in [0.2, 0.25) is 0 Å². The summed E-state index contributed by atoms with van der Waals surface area (Å²) >= 11 is 0. The highest BCUT2D eigenvalue weighted by molar-refractivity contribution is 7.91. The number of imide groups is 1. The summed E-state index contributed by atoms with van der Waals surface area (Å²) in [5.74, 6) is -0.337. The number of carbonyl (C=O) groups excluding carboxylic acids is 2. The van der Waals surface area contributed by atoms with Crippen LogP contribution in [0, 0.1) is 0 Å². The molecule has 2 fully saturated rings. The van der Waals surface area contributed by atoms with Crippen molar-refractivity contribution in [3.63, 3.8) is 0 Å². The van der Waals surface area contributed by atoms with Gasteiger partial charge in [0.15, 0.2) is 9.84 Å². The molecular formula is C15H18N2O4S. The second kappa shape index (κ2) is 5.72. The maximum absolute atomic E-state index is 12.4. The van der Waals surface area contributed by atoms with E-state index < -0.39 is 15.9 Å². The van der Waals surface area contributed by atoms with Crippen LogP contribution in [0.25, 0.3) is 0 Å². The van der Waals surface area contributed by atoms with Crippen molar-refractivity contribution in [1.82, 2.24) is 9.80 Å². The third kappa shape index (κ3) is 2.99. The highest BCUT2D eigenvalue weighted by Crippen LogP contribution is 2.23. The lowest BCUT2D eigenvalue weighted by Crippen LogP contribution is -2.42. The zero-order valence-electron chi connectivity index (χ0n) is 12.1. The Hall–Kier alpha value is -1.89. The number of rotatable bonds is 4. The minimum absolute atomic E-state index is 0.0439. The topological polar surface area (TPSA) is 74.8 Å². The standard InChI is InChI=1S/C15H18N2O4S/c18-14-10-16(8-6-12-4-2-1-3-5-12)15(19)17(14)13-7-9-22(20,21)11-13/h1-5,13H,6-11H2/t13-/m1/s1. The molecule has 2 aliphatic rings. The smallest absolute Gasteiger partial charge is 0.315 e. The number of sulfone groups is 1. The number of urea groups is 1. The Morgan fingerprint density at radius 2 is 1.86 bits per heavy atom. The predicted molar refractivity (Wildman–Crippen MR) is 81.0 cm³/mol. The van der Waals surface area contributed by atoms with Gasteiger partial charge in [-0.15, -0.1) is 0 Å². The summed E-state index contributed by atoms with van der Waals surface area (Å²) in [7, 11) is -3.12. The predicted octanol–water partition coefficient (Wildman–Crippen LogP) is 0.680. The van der Waals surface area contributed by atoms with Gasteiger partial charge in [-0.3, -0.25) is 9.69 Å². The Bertz CT molecular complexity index is 687. The van der Waals surface area contributed by atoms with Gasteiger partial charge in [0.2, 0.25) is 0 Å². The van der Waals surface area contributed by atoms with Crippen LogP contribution in [0.5, 0.6) is 0 Å². The van der Waals surface area contributed by atoms with Crippen LogP contribution in [-0.2, 0) is 21.1 Å². The first-order valence-corrected chi connectivity index (χ1v) is 9.14. The fourth-order valence-corrected chi connectivity index (χ4v) is 4.69. The molecule has 0 aromatic heterocycles. The molecule has 0 spiro atoms. The zero-order valence-corrected chi connectivity index (χ0v) is 13.0. The zero-order chi connectivity index (χ0) is 15.7. The lowest BCUT2D eigenvalue weighted by atomic mass is 10.1. The summed E-state index contributed by atoms with van der Waals surface area (Å²) < 4.78 is 23.1. The van der Waals surface area contributed by atoms with Crippen molar-refractivity contribution < 1.29 is 18.0 Å². The second-order valence-corrected chi connectivity index (χ2v) is 7.99. The minimum atomic E-state index is -3.12. The van der Waals surface area contributed by atoms with E-state index >= 15 is 0 Å². The normalized spacial score (nSPS) is 24.3. The number of hydrogen-bond donors (Lipinski definition) is 0. The minimum Gasteiger partial charge on any atom is -0.315 e. The molecule has 22 heavy (non-hydrogen) atoms. The first-order chi connectivity index (χ1) is 10.5. The Balaban J connectivity index is 1.64. The third-order valence-electron chi connectivity index (χ3n) is 4.16. The van der Waals surface area contributed by atoms with Crippen LogP contribution in [-0.4, -0.2) is 60.8 Å². The molecule has 0 N–H and O–H groups in total. The molecule has 118 valence electrons. The summed E-state index contributed by atoms with van der Waals surface area (Å²) in [5.41, 5.74) is 1.10. The average molecular weight is 322 g/mol. The van der Waals surface area contributed by atoms with Crippen LogP contribution in [0.15, 0.2) is 30.3 Å². The molecule has 0 radical (unpaired) electrons. The molecule has 3 rings (SSSR count). The molecular weight excluding hydrogens is 304 g/mol. The van der Waals surface area contributed by atoms with Crippen molar-refractivity contribution in [2.45, 2.75) is 18.9 Å². The quantitative estimate of drug-likeness (QED) is 0.764. The van der Waals surface area contributed by atoms with Crippen LogP contribution in [0.1, 0.15) is 12.0 Å². The average Bonchev–Trinajstić information content (AvgIpc) is 2.97. The van der Waals surface area contributed by atoms with Crippen molar-refractivity contribution in [1.29, 1.82) is 0 Å². The Morgan fingerprint density at radius 1 is 1.14 bits per heavy atom. The Morgan fingerprint density at radius 3 is 2.50 bits per heavy atom. The monoisotopic (exact) mass is 322 g/mol. The van der Waals surface area contributed by atoms with E-state index in [0.29, 0.717) is 19.4 Å². The Labute approximate surface area is 129 Å². The maximum atomic E-state index is 12.4. The largest absolute Gasteiger partial charge is 0.327 e. The van der Waals surface area contributed by atoms with E-state index in [9.17, 15) is 18.0 Å². The molecule has 1 atom stereocenters. The molecule has 1 aromatic rings. The molecule has 0 aliphatic carbocycles. The summed E-state index contributed by atoms with van der Waals surface area (Å²) in [6.45, 7) is 0.507. The number of benzene rings is 1. The third-order valence-corrected chi connectivity index (χ3v) is 5.91. The van der Waals surface area contributed by atoms with Crippen molar-refractivity contribution in [3.05, 3.63) is 35.9 Å². The molecule has 1 aromatic carbocycles. The first kappa shape index (κ1) is 15.0. The second-order valence-electron chi connectivity index (χ2n) is 5.76. The van der Waals surface area contributed by atoms with E-state index in [-0.39, 0.29) is 30.0 Å². The van der Waals surface area contributed by atoms with E-state index in [1.165, 1.54) is 4.90 Å². The van der Waals surface area contributed by atoms with E-state index in [1.54, 1.807) is 0 Å². The van der Waals surface area contributed by atoms with Crippen LogP contribution < -0.4 is 0 Å². The molecule has 3 amide bonds. The molecule has 2 saturated heterocycles. The molecule has 0 saturated carbocycles. The summed E-state index contributed by atoms with van der Waals surface area (Å²) in [6, 6.07) is 8.89. The lowest BCUT2D eigenvalue weighted by Gasteiger charge is -2.21. The number of amides is 3. The van der Waals surface area contributed by atoms with E-state index in [4.69, 9.17) is 0 Å². The van der Waals surface area contributed by atoms with Gasteiger partial charge in [-0.2, -0.15) is 0 Å². The van der Waals surface area contributed by atoms with E-state index in [2.05, 4.69) is 0 Å². The number of nitrogens with zero attached hydrogens (tertiary/aromatic N) is 2. The molecule has 2 heterocycles. The molecule has 0 bridgehead atoms. The number of carbonyl (C=O) groups is 2. The highest BCUT2D eigenvalue weighted by atomic mass is 32.2.